The Labute approximate surface area is 109 Å². The fraction of sp³-hybridized carbons (Fsp3) is 0.700. The zero-order chi connectivity index (χ0) is 13.7. The van der Waals surface area contributed by atoms with E-state index in [1.54, 1.807) is 11.8 Å². The monoisotopic (exact) mass is 275 g/mol. The Kier molecular flexibility index (Phi) is 5.42. The molecular weight excluding hydrogens is 258 g/mol. The number of amides is 2. The third kappa shape index (κ3) is 4.19. The van der Waals surface area contributed by atoms with Crippen molar-refractivity contribution < 1.29 is 19.5 Å². The lowest BCUT2D eigenvalue weighted by atomic mass is 10.1. The molecule has 1 fully saturated rings. The van der Waals surface area contributed by atoms with E-state index in [2.05, 4.69) is 0 Å². The number of nitrogens with zero attached hydrogens (tertiary/aromatic N) is 1. The molecule has 5 N–H and O–H groups in total. The van der Waals surface area contributed by atoms with E-state index in [1.807, 2.05) is 0 Å². The Balaban J connectivity index is 2.67. The number of carbonyl (C=O) groups excluding carboxylic acids is 2. The summed E-state index contributed by atoms with van der Waals surface area (Å²) in [5.74, 6) is -0.687. The van der Waals surface area contributed by atoms with Crippen LogP contribution in [0.5, 0.6) is 0 Å². The third-order valence-electron chi connectivity index (χ3n) is 2.66. The second kappa shape index (κ2) is 6.60. The van der Waals surface area contributed by atoms with Crippen molar-refractivity contribution in [1.82, 2.24) is 4.90 Å². The van der Waals surface area contributed by atoms with Crippen molar-refractivity contribution >= 4 is 29.5 Å². The highest BCUT2D eigenvalue weighted by Gasteiger charge is 2.31. The maximum Gasteiger partial charge on any atom is 0.305 e. The molecule has 2 atom stereocenters. The van der Waals surface area contributed by atoms with Gasteiger partial charge in [-0.3, -0.25) is 14.4 Å². The minimum absolute atomic E-state index is 0.109. The maximum atomic E-state index is 12.0. The molecule has 0 spiro atoms. The van der Waals surface area contributed by atoms with Crippen molar-refractivity contribution in [1.29, 1.82) is 0 Å². The minimum atomic E-state index is -0.984. The van der Waals surface area contributed by atoms with E-state index in [4.69, 9.17) is 16.6 Å². The molecule has 7 nitrogen and oxygen atoms in total. The summed E-state index contributed by atoms with van der Waals surface area (Å²) in [6.07, 6.45) is -0.329. The lowest BCUT2D eigenvalue weighted by Crippen LogP contribution is -2.53. The van der Waals surface area contributed by atoms with Crippen molar-refractivity contribution in [3.63, 3.8) is 0 Å². The Morgan fingerprint density at radius 2 is 2.11 bits per heavy atom. The standard InChI is InChI=1S/C10H17N3O4S/c11-7(4-8(12)14)10(17)13-1-2-18-5-6(13)3-9(15)16/h6-7H,1-5,11H2,(H2,12,14)(H,15,16). The molecular formula is C10H17N3O4S. The molecule has 2 amide bonds. The molecule has 1 aliphatic heterocycles. The van der Waals surface area contributed by atoms with Gasteiger partial charge in [-0.1, -0.05) is 0 Å². The molecule has 0 radical (unpaired) electrons. The number of carbonyl (C=O) groups is 3. The van der Waals surface area contributed by atoms with Gasteiger partial charge in [-0.15, -0.1) is 0 Å². The number of hydrogen-bond acceptors (Lipinski definition) is 5. The van der Waals surface area contributed by atoms with Gasteiger partial charge in [0.2, 0.25) is 11.8 Å². The summed E-state index contributed by atoms with van der Waals surface area (Å²) in [5, 5.41) is 8.80. The number of aliphatic carboxylic acids is 1. The first-order valence-electron chi connectivity index (χ1n) is 5.55. The topological polar surface area (TPSA) is 127 Å². The van der Waals surface area contributed by atoms with Crippen molar-refractivity contribution in [2.75, 3.05) is 18.1 Å². The minimum Gasteiger partial charge on any atom is -0.481 e. The van der Waals surface area contributed by atoms with Gasteiger partial charge in [0.05, 0.1) is 24.9 Å². The lowest BCUT2D eigenvalue weighted by molar-refractivity contribution is -0.141. The molecule has 0 aromatic rings. The van der Waals surface area contributed by atoms with Gasteiger partial charge in [0.15, 0.2) is 0 Å². The van der Waals surface area contributed by atoms with Crippen LogP contribution in [0.15, 0.2) is 0 Å². The first kappa shape index (κ1) is 14.8. The first-order valence-corrected chi connectivity index (χ1v) is 6.71. The molecule has 0 saturated carbocycles. The fourth-order valence-electron chi connectivity index (χ4n) is 1.83. The van der Waals surface area contributed by atoms with Crippen LogP contribution < -0.4 is 11.5 Å². The van der Waals surface area contributed by atoms with Gasteiger partial charge in [-0.2, -0.15) is 11.8 Å². The van der Waals surface area contributed by atoms with Crippen LogP contribution in [0.25, 0.3) is 0 Å². The molecule has 0 aromatic heterocycles. The van der Waals surface area contributed by atoms with Gasteiger partial charge in [0, 0.05) is 18.1 Å². The number of rotatable bonds is 5. The van der Waals surface area contributed by atoms with Gasteiger partial charge in [0.1, 0.15) is 0 Å². The lowest BCUT2D eigenvalue weighted by Gasteiger charge is -2.36. The predicted molar refractivity (Wildman–Crippen MR) is 66.9 cm³/mol. The van der Waals surface area contributed by atoms with Crippen molar-refractivity contribution in [2.45, 2.75) is 24.9 Å². The average Bonchev–Trinajstić information content (AvgIpc) is 2.27. The Morgan fingerprint density at radius 1 is 1.44 bits per heavy atom. The highest BCUT2D eigenvalue weighted by Crippen LogP contribution is 2.20. The summed E-state index contributed by atoms with van der Waals surface area (Å²) in [5.41, 5.74) is 10.6. The molecule has 1 heterocycles. The van der Waals surface area contributed by atoms with Crippen LogP contribution in [0.3, 0.4) is 0 Å². The van der Waals surface area contributed by atoms with Crippen LogP contribution in [0, 0.1) is 0 Å². The van der Waals surface area contributed by atoms with Crippen LogP contribution in [0.4, 0.5) is 0 Å². The van der Waals surface area contributed by atoms with Gasteiger partial charge >= 0.3 is 5.97 Å². The summed E-state index contributed by atoms with van der Waals surface area (Å²) in [6, 6.07) is -1.35. The molecule has 0 bridgehead atoms. The van der Waals surface area contributed by atoms with Crippen molar-refractivity contribution in [3.05, 3.63) is 0 Å². The second-order valence-corrected chi connectivity index (χ2v) is 5.28. The number of nitrogens with two attached hydrogens (primary N) is 2. The Bertz CT molecular complexity index is 350. The Morgan fingerprint density at radius 3 is 2.67 bits per heavy atom. The highest BCUT2D eigenvalue weighted by molar-refractivity contribution is 7.99. The average molecular weight is 275 g/mol. The van der Waals surface area contributed by atoms with E-state index in [9.17, 15) is 14.4 Å². The molecule has 102 valence electrons. The SMILES string of the molecule is NC(=O)CC(N)C(=O)N1CCSCC1CC(=O)O. The number of carboxylic acids is 1. The molecule has 18 heavy (non-hydrogen) atoms. The highest BCUT2D eigenvalue weighted by atomic mass is 32.2. The first-order chi connectivity index (χ1) is 8.41. The normalized spacial score (nSPS) is 21.4. The van der Waals surface area contributed by atoms with E-state index in [1.165, 1.54) is 4.90 Å². The van der Waals surface area contributed by atoms with E-state index >= 15 is 0 Å². The van der Waals surface area contributed by atoms with Crippen molar-refractivity contribution in [3.8, 4) is 0 Å². The Hall–Kier alpha value is -1.28. The smallest absolute Gasteiger partial charge is 0.305 e. The number of carboxylic acid groups (broad SMARTS) is 1. The van der Waals surface area contributed by atoms with E-state index in [0.717, 1.165) is 5.75 Å². The maximum absolute atomic E-state index is 12.0. The van der Waals surface area contributed by atoms with Gasteiger partial charge < -0.3 is 21.5 Å². The van der Waals surface area contributed by atoms with E-state index in [0.29, 0.717) is 12.3 Å². The summed E-state index contributed by atoms with van der Waals surface area (Å²) in [7, 11) is 0. The number of primary amides is 1. The molecule has 0 aliphatic carbocycles. The van der Waals surface area contributed by atoms with E-state index < -0.39 is 23.8 Å². The number of hydrogen-bond donors (Lipinski definition) is 3. The second-order valence-electron chi connectivity index (χ2n) is 4.14. The molecule has 1 aliphatic rings. The van der Waals surface area contributed by atoms with Crippen LogP contribution in [0.1, 0.15) is 12.8 Å². The zero-order valence-electron chi connectivity index (χ0n) is 9.87. The number of thioether (sulfide) groups is 1. The summed E-state index contributed by atoms with van der Waals surface area (Å²) in [4.78, 5) is 34.9. The fourth-order valence-corrected chi connectivity index (χ4v) is 2.90. The van der Waals surface area contributed by atoms with Gasteiger partial charge in [-0.25, -0.2) is 0 Å². The third-order valence-corrected chi connectivity index (χ3v) is 3.75. The van der Waals surface area contributed by atoms with Crippen LogP contribution in [0.2, 0.25) is 0 Å². The summed E-state index contributed by atoms with van der Waals surface area (Å²) >= 11 is 1.60. The largest absolute Gasteiger partial charge is 0.481 e. The zero-order valence-corrected chi connectivity index (χ0v) is 10.7. The molecule has 1 rings (SSSR count). The molecule has 1 saturated heterocycles. The summed E-state index contributed by atoms with van der Waals surface area (Å²) < 4.78 is 0. The van der Waals surface area contributed by atoms with Crippen molar-refractivity contribution in [2.24, 2.45) is 11.5 Å². The summed E-state index contributed by atoms with van der Waals surface area (Å²) in [6.45, 7) is 0.452. The van der Waals surface area contributed by atoms with Crippen LogP contribution in [-0.2, 0) is 14.4 Å². The molecule has 2 unspecified atom stereocenters. The van der Waals surface area contributed by atoms with Crippen LogP contribution in [-0.4, -0.2) is 57.9 Å². The van der Waals surface area contributed by atoms with Gasteiger partial charge in [0.25, 0.3) is 0 Å². The van der Waals surface area contributed by atoms with Crippen LogP contribution >= 0.6 is 11.8 Å². The molecule has 0 aromatic carbocycles. The quantitative estimate of drug-likeness (QED) is 0.567. The predicted octanol–water partition coefficient (Wildman–Crippen LogP) is -1.39. The van der Waals surface area contributed by atoms with Gasteiger partial charge in [-0.05, 0) is 0 Å². The van der Waals surface area contributed by atoms with E-state index in [-0.39, 0.29) is 18.9 Å². The molecule has 8 heteroatoms.